The van der Waals surface area contributed by atoms with Crippen LogP contribution < -0.4 is 0 Å². The Bertz CT molecular complexity index is 3500. The number of allylic oxidation sites excluding steroid dienone is 4. The lowest BCUT2D eigenvalue weighted by Gasteiger charge is -2.12. The van der Waals surface area contributed by atoms with E-state index in [1.54, 1.807) is 55.5 Å². The van der Waals surface area contributed by atoms with Crippen molar-refractivity contribution in [3.05, 3.63) is 303 Å². The third-order valence-corrected chi connectivity index (χ3v) is 12.6. The number of hydrogen-bond donors (Lipinski definition) is 0. The molecule has 0 saturated heterocycles. The molecule has 0 aliphatic carbocycles. The quantitative estimate of drug-likeness (QED) is 0.0442. The molecule has 9 aromatic rings. The van der Waals surface area contributed by atoms with E-state index in [4.69, 9.17) is 6.42 Å². The van der Waals surface area contributed by atoms with Gasteiger partial charge in [-0.1, -0.05) is 206 Å². The molecule has 0 fully saturated rings. The summed E-state index contributed by atoms with van der Waals surface area (Å²) in [6, 6.07) is 67.4. The molecule has 5 nitrogen and oxygen atoms in total. The second kappa shape index (κ2) is 21.3. The highest BCUT2D eigenvalue weighted by Gasteiger charge is 2.23. The van der Waals surface area contributed by atoms with E-state index in [0.29, 0.717) is 27.8 Å². The normalized spacial score (nSPS) is 11.3. The Balaban J connectivity index is 1.13. The molecule has 0 heterocycles. The van der Waals surface area contributed by atoms with Crippen molar-refractivity contribution in [3.63, 3.8) is 0 Å². The van der Waals surface area contributed by atoms with E-state index in [0.717, 1.165) is 44.5 Å². The lowest BCUT2D eigenvalue weighted by molar-refractivity contribution is 0.102. The monoisotopic (exact) mass is 930 g/mol. The predicted octanol–water partition coefficient (Wildman–Crippen LogP) is 14.8. The molecule has 0 saturated carbocycles. The summed E-state index contributed by atoms with van der Waals surface area (Å²) in [5.41, 5.74) is 9.98. The number of carbonyl (C=O) groups excluding carboxylic acids is 5. The predicted molar refractivity (Wildman–Crippen MR) is 288 cm³/mol. The zero-order valence-corrected chi connectivity index (χ0v) is 39.6. The van der Waals surface area contributed by atoms with Crippen LogP contribution in [-0.2, 0) is 0 Å². The minimum Gasteiger partial charge on any atom is -0.289 e. The molecule has 0 aromatic heterocycles. The SMILES string of the molecule is C#CC(=CC=C(C)C(=O)c1cc(C(=O)c2ccc(-c3ccccc3)cc2)cc(C(=O)c2cc(C(=O)c3ccc(-c4ccccc4)cc3)cc(C(=O)c3ccc(-c4ccccc4)cc3)c2)c1)c1ccc(C)cc1. The minimum atomic E-state index is -0.601. The molecule has 0 aliphatic heterocycles. The summed E-state index contributed by atoms with van der Waals surface area (Å²) in [7, 11) is 0. The van der Waals surface area contributed by atoms with Crippen LogP contribution in [0.15, 0.2) is 242 Å². The van der Waals surface area contributed by atoms with E-state index >= 15 is 4.79 Å². The van der Waals surface area contributed by atoms with Gasteiger partial charge in [-0.2, -0.15) is 0 Å². The summed E-state index contributed by atoms with van der Waals surface area (Å²) in [5.74, 6) is 0.452. The summed E-state index contributed by atoms with van der Waals surface area (Å²) in [4.78, 5) is 72.9. The summed E-state index contributed by atoms with van der Waals surface area (Å²) < 4.78 is 0. The standard InChI is InChI=1S/C67H46O5/c1-4-46(50-23-20-44(2)21-24-50)25-22-45(3)63(68)57-38-58(64(69)54-32-26-51(27-33-54)47-14-8-5-9-15-47)41-61(39-57)67(72)62-42-59(65(70)55-34-28-52(29-35-55)48-16-10-6-11-17-48)40-60(43-62)66(71)56-36-30-53(31-37-56)49-18-12-7-13-19-49/h1,5-43H,2-3H3. The van der Waals surface area contributed by atoms with Gasteiger partial charge >= 0.3 is 0 Å². The molecule has 0 amide bonds. The molecule has 0 spiro atoms. The van der Waals surface area contributed by atoms with Crippen molar-refractivity contribution < 1.29 is 24.0 Å². The molecule has 9 rings (SSSR count). The lowest BCUT2D eigenvalue weighted by atomic mass is 9.89. The fraction of sp³-hybridized carbons (Fsp3) is 0.0299. The van der Waals surface area contributed by atoms with E-state index in [1.807, 2.05) is 159 Å². The second-order valence-corrected chi connectivity index (χ2v) is 17.5. The van der Waals surface area contributed by atoms with Crippen LogP contribution in [0.25, 0.3) is 39.0 Å². The van der Waals surface area contributed by atoms with Gasteiger partial charge in [-0.25, -0.2) is 0 Å². The van der Waals surface area contributed by atoms with Crippen molar-refractivity contribution in [3.8, 4) is 45.7 Å². The van der Waals surface area contributed by atoms with E-state index in [-0.39, 0.29) is 33.4 Å². The number of ketones is 5. The van der Waals surface area contributed by atoms with E-state index < -0.39 is 28.9 Å². The van der Waals surface area contributed by atoms with E-state index in [2.05, 4.69) is 5.92 Å². The minimum absolute atomic E-state index is 0.0137. The Kier molecular flexibility index (Phi) is 14.1. The highest BCUT2D eigenvalue weighted by atomic mass is 16.1. The highest BCUT2D eigenvalue weighted by molar-refractivity contribution is 6.20. The van der Waals surface area contributed by atoms with Crippen LogP contribution in [-0.4, -0.2) is 28.9 Å². The Morgan fingerprint density at radius 1 is 0.333 bits per heavy atom. The van der Waals surface area contributed by atoms with Crippen LogP contribution in [0.3, 0.4) is 0 Å². The molecule has 0 radical (unpaired) electrons. The first kappa shape index (κ1) is 47.4. The third-order valence-electron chi connectivity index (χ3n) is 12.6. The molecule has 72 heavy (non-hydrogen) atoms. The lowest BCUT2D eigenvalue weighted by Crippen LogP contribution is -2.13. The molecule has 5 heteroatoms. The summed E-state index contributed by atoms with van der Waals surface area (Å²) in [6.45, 7) is 3.63. The molecule has 0 atom stereocenters. The van der Waals surface area contributed by atoms with Crippen molar-refractivity contribution in [1.29, 1.82) is 0 Å². The summed E-state index contributed by atoms with van der Waals surface area (Å²) in [6.07, 6.45) is 9.23. The number of rotatable bonds is 15. The van der Waals surface area contributed by atoms with Crippen molar-refractivity contribution in [1.82, 2.24) is 0 Å². The van der Waals surface area contributed by atoms with Crippen LogP contribution in [0, 0.1) is 19.3 Å². The summed E-state index contributed by atoms with van der Waals surface area (Å²) in [5, 5.41) is 0. The molecule has 0 aliphatic rings. The Morgan fingerprint density at radius 3 is 0.931 bits per heavy atom. The van der Waals surface area contributed by atoms with Gasteiger partial charge in [0.15, 0.2) is 28.9 Å². The van der Waals surface area contributed by atoms with Gasteiger partial charge in [0.25, 0.3) is 0 Å². The van der Waals surface area contributed by atoms with Gasteiger partial charge in [-0.15, -0.1) is 6.42 Å². The molecule has 344 valence electrons. The third kappa shape index (κ3) is 10.6. The Labute approximate surface area is 419 Å². The Morgan fingerprint density at radius 2 is 0.611 bits per heavy atom. The van der Waals surface area contributed by atoms with E-state index in [9.17, 15) is 19.2 Å². The zero-order chi connectivity index (χ0) is 50.1. The number of hydrogen-bond acceptors (Lipinski definition) is 5. The van der Waals surface area contributed by atoms with Gasteiger partial charge in [0.05, 0.1) is 0 Å². The van der Waals surface area contributed by atoms with Crippen molar-refractivity contribution in [2.75, 3.05) is 0 Å². The number of aryl methyl sites for hydroxylation is 1. The number of terminal acetylenes is 1. The first-order chi connectivity index (χ1) is 35.0. The molecule has 0 bridgehead atoms. The van der Waals surface area contributed by atoms with Crippen LogP contribution in [0.4, 0.5) is 0 Å². The highest BCUT2D eigenvalue weighted by Crippen LogP contribution is 2.28. The van der Waals surface area contributed by atoms with Crippen LogP contribution in [0.5, 0.6) is 0 Å². The van der Waals surface area contributed by atoms with Crippen molar-refractivity contribution >= 4 is 34.5 Å². The summed E-state index contributed by atoms with van der Waals surface area (Å²) >= 11 is 0. The van der Waals surface area contributed by atoms with Gasteiger partial charge in [0.1, 0.15) is 0 Å². The first-order valence-corrected chi connectivity index (χ1v) is 23.5. The van der Waals surface area contributed by atoms with Crippen molar-refractivity contribution in [2.45, 2.75) is 13.8 Å². The molecule has 0 N–H and O–H groups in total. The van der Waals surface area contributed by atoms with Crippen LogP contribution in [0.1, 0.15) is 92.1 Å². The number of carbonyl (C=O) groups is 5. The topological polar surface area (TPSA) is 85.3 Å². The van der Waals surface area contributed by atoms with E-state index in [1.165, 1.54) is 36.4 Å². The average molecular weight is 931 g/mol. The maximum atomic E-state index is 15.1. The van der Waals surface area contributed by atoms with Gasteiger partial charge in [-0.3, -0.25) is 24.0 Å². The maximum absolute atomic E-state index is 15.1. The molecule has 0 unspecified atom stereocenters. The molecular weight excluding hydrogens is 885 g/mol. The molecule has 9 aromatic carbocycles. The van der Waals surface area contributed by atoms with Gasteiger partial charge < -0.3 is 0 Å². The smallest absolute Gasteiger partial charge is 0.193 e. The Hall–Kier alpha value is -9.63. The number of benzene rings is 9. The van der Waals surface area contributed by atoms with Gasteiger partial charge in [0, 0.05) is 55.6 Å². The average Bonchev–Trinajstić information content (AvgIpc) is 3.45. The maximum Gasteiger partial charge on any atom is 0.193 e. The fourth-order valence-electron chi connectivity index (χ4n) is 8.51. The van der Waals surface area contributed by atoms with Gasteiger partial charge in [0.2, 0.25) is 0 Å². The fourth-order valence-corrected chi connectivity index (χ4v) is 8.51. The first-order valence-electron chi connectivity index (χ1n) is 23.5. The van der Waals surface area contributed by atoms with Crippen LogP contribution in [0.2, 0.25) is 0 Å². The van der Waals surface area contributed by atoms with Gasteiger partial charge in [-0.05, 0) is 101 Å². The molecular formula is C67H46O5. The van der Waals surface area contributed by atoms with Crippen molar-refractivity contribution in [2.24, 2.45) is 0 Å². The van der Waals surface area contributed by atoms with Crippen LogP contribution >= 0.6 is 0 Å². The largest absolute Gasteiger partial charge is 0.289 e. The zero-order valence-electron chi connectivity index (χ0n) is 39.6. The number of Topliss-reactive ketones (excluding diaryl/α,β-unsaturated/α-hetero) is 1. The second-order valence-electron chi connectivity index (χ2n) is 17.5.